The summed E-state index contributed by atoms with van der Waals surface area (Å²) in [6.45, 7) is 0.972. The number of unbranched alkanes of at least 4 members (excludes halogenated alkanes) is 1. The van der Waals surface area contributed by atoms with Crippen LogP contribution in [0.5, 0.6) is 0 Å². The van der Waals surface area contributed by atoms with Gasteiger partial charge in [-0.1, -0.05) is 6.42 Å². The Morgan fingerprint density at radius 2 is 1.50 bits per heavy atom. The van der Waals surface area contributed by atoms with E-state index in [1.807, 2.05) is 0 Å². The lowest BCUT2D eigenvalue weighted by molar-refractivity contribution is -0.145. The predicted molar refractivity (Wildman–Crippen MR) is 123 cm³/mol. The van der Waals surface area contributed by atoms with Crippen LogP contribution in [0.15, 0.2) is 4.99 Å². The van der Waals surface area contributed by atoms with Crippen molar-refractivity contribution < 1.29 is 34.5 Å². The number of carboxylic acids is 1. The van der Waals surface area contributed by atoms with E-state index in [1.54, 1.807) is 0 Å². The first-order valence-electron chi connectivity index (χ1n) is 10.9. The van der Waals surface area contributed by atoms with E-state index in [2.05, 4.69) is 20.9 Å². The molecule has 0 fully saturated rings. The highest BCUT2D eigenvalue weighted by molar-refractivity contribution is 5.94. The molecule has 0 spiro atoms. The van der Waals surface area contributed by atoms with Crippen molar-refractivity contribution in [2.45, 2.75) is 69.3 Å². The number of nitrogens with two attached hydrogens (primary N) is 4. The van der Waals surface area contributed by atoms with Gasteiger partial charge in [-0.25, -0.2) is 4.79 Å². The summed E-state index contributed by atoms with van der Waals surface area (Å²) in [6, 6.07) is -5.22. The van der Waals surface area contributed by atoms with Crippen molar-refractivity contribution in [3.05, 3.63) is 0 Å². The first-order chi connectivity index (χ1) is 15.9. The van der Waals surface area contributed by atoms with Crippen molar-refractivity contribution >= 4 is 29.7 Å². The second-order valence-electron chi connectivity index (χ2n) is 7.71. The van der Waals surface area contributed by atoms with Crippen molar-refractivity contribution in [1.82, 2.24) is 16.0 Å². The van der Waals surface area contributed by atoms with Crippen LogP contribution in [0, 0.1) is 0 Å². The molecule has 0 aromatic heterocycles. The minimum atomic E-state index is -1.62. The third-order valence-corrected chi connectivity index (χ3v) is 4.75. The van der Waals surface area contributed by atoms with Crippen LogP contribution >= 0.6 is 0 Å². The Labute approximate surface area is 197 Å². The number of aliphatic carboxylic acids is 1. The summed E-state index contributed by atoms with van der Waals surface area (Å²) in [5.41, 5.74) is 21.7. The summed E-state index contributed by atoms with van der Waals surface area (Å²) in [6.07, 6.45) is 0.410. The Kier molecular flexibility index (Phi) is 15.1. The second-order valence-corrected chi connectivity index (χ2v) is 7.71. The van der Waals surface area contributed by atoms with Crippen LogP contribution < -0.4 is 38.9 Å². The monoisotopic (exact) mass is 490 g/mol. The van der Waals surface area contributed by atoms with E-state index in [-0.39, 0.29) is 25.3 Å². The molecule has 0 bridgehead atoms. The zero-order valence-corrected chi connectivity index (χ0v) is 19.3. The van der Waals surface area contributed by atoms with Gasteiger partial charge in [-0.05, 0) is 39.2 Å². The summed E-state index contributed by atoms with van der Waals surface area (Å²) in [7, 11) is 0. The molecule has 0 aliphatic carbocycles. The van der Waals surface area contributed by atoms with Crippen LogP contribution in [0.1, 0.15) is 39.0 Å². The average Bonchev–Trinajstić information content (AvgIpc) is 2.76. The van der Waals surface area contributed by atoms with Gasteiger partial charge in [-0.3, -0.25) is 19.4 Å². The van der Waals surface area contributed by atoms with Crippen molar-refractivity contribution in [2.24, 2.45) is 27.9 Å². The number of carbonyl (C=O) groups is 4. The van der Waals surface area contributed by atoms with Gasteiger partial charge >= 0.3 is 5.97 Å². The Morgan fingerprint density at radius 1 is 0.912 bits per heavy atom. The van der Waals surface area contributed by atoms with Gasteiger partial charge in [-0.2, -0.15) is 0 Å². The van der Waals surface area contributed by atoms with Gasteiger partial charge in [0.25, 0.3) is 0 Å². The number of rotatable bonds is 17. The first-order valence-corrected chi connectivity index (χ1v) is 10.9. The second kappa shape index (κ2) is 16.6. The molecule has 3 amide bonds. The first kappa shape index (κ1) is 31.0. The van der Waals surface area contributed by atoms with Crippen LogP contribution in [0.3, 0.4) is 0 Å². The van der Waals surface area contributed by atoms with E-state index >= 15 is 0 Å². The maximum atomic E-state index is 12.6. The molecule has 0 aliphatic heterocycles. The highest BCUT2D eigenvalue weighted by Crippen LogP contribution is 2.03. The minimum absolute atomic E-state index is 0.00873. The van der Waals surface area contributed by atoms with E-state index in [9.17, 15) is 34.5 Å². The molecule has 0 saturated heterocycles. The van der Waals surface area contributed by atoms with E-state index in [0.29, 0.717) is 25.8 Å². The molecular formula is C19H38N8O7. The molecular weight excluding hydrogens is 452 g/mol. The molecule has 5 atom stereocenters. The van der Waals surface area contributed by atoms with Gasteiger partial charge in [0.05, 0.1) is 18.8 Å². The van der Waals surface area contributed by atoms with Crippen LogP contribution in [-0.4, -0.2) is 94.9 Å². The zero-order chi connectivity index (χ0) is 26.3. The molecule has 0 radical (unpaired) electrons. The predicted octanol–water partition coefficient (Wildman–Crippen LogP) is -4.59. The van der Waals surface area contributed by atoms with Gasteiger partial charge < -0.3 is 54.2 Å². The lowest BCUT2D eigenvalue weighted by Gasteiger charge is -2.25. The van der Waals surface area contributed by atoms with E-state index in [4.69, 9.17) is 22.9 Å². The number of aliphatic imine (C=N–C) groups is 1. The summed E-state index contributed by atoms with van der Waals surface area (Å²) in [5.74, 6) is -4.10. The van der Waals surface area contributed by atoms with Gasteiger partial charge in [0, 0.05) is 6.54 Å². The number of amides is 3. The fourth-order valence-electron chi connectivity index (χ4n) is 2.80. The molecule has 0 rings (SSSR count). The molecule has 0 aliphatic rings. The Bertz CT molecular complexity index is 700. The molecule has 15 nitrogen and oxygen atoms in total. The van der Waals surface area contributed by atoms with Gasteiger partial charge in [0.15, 0.2) is 12.0 Å². The van der Waals surface area contributed by atoms with Gasteiger partial charge in [-0.15, -0.1) is 0 Å². The number of nitrogens with one attached hydrogen (secondary N) is 3. The minimum Gasteiger partial charge on any atom is -0.480 e. The third-order valence-electron chi connectivity index (χ3n) is 4.75. The topological polar surface area (TPSA) is 282 Å². The maximum absolute atomic E-state index is 12.6. The largest absolute Gasteiger partial charge is 0.480 e. The summed E-state index contributed by atoms with van der Waals surface area (Å²) < 4.78 is 0. The molecule has 34 heavy (non-hydrogen) atoms. The highest BCUT2D eigenvalue weighted by Gasteiger charge is 2.31. The number of guanidine groups is 1. The normalized spacial score (nSPS) is 15.2. The molecule has 196 valence electrons. The Hall–Kier alpha value is -3.01. The van der Waals surface area contributed by atoms with Crippen LogP contribution in [0.4, 0.5) is 0 Å². The smallest absolute Gasteiger partial charge is 0.328 e. The third kappa shape index (κ3) is 12.3. The summed E-state index contributed by atoms with van der Waals surface area (Å²) >= 11 is 0. The highest BCUT2D eigenvalue weighted by atomic mass is 16.4. The summed E-state index contributed by atoms with van der Waals surface area (Å²) in [4.78, 5) is 52.6. The number of carboxylic acid groups (broad SMARTS) is 1. The molecule has 0 aromatic carbocycles. The number of aliphatic hydroxyl groups is 2. The number of hydrogen-bond acceptors (Lipinski definition) is 9. The number of hydrogen-bond donors (Lipinski definition) is 10. The molecule has 0 saturated carbocycles. The standard InChI is InChI=1S/C19H38N8O7/c1-10(29)14(18(33)34)27-16(31)12(6-4-8-24-19(22)23)25-17(32)13(9-28)26-15(30)11(21)5-2-3-7-20/h10-14,28-29H,2-9,20-21H2,1H3,(H,25,32)(H,26,30)(H,27,31)(H,33,34)(H4,22,23,24). The number of aliphatic hydroxyl groups excluding tert-OH is 2. The number of nitrogens with zero attached hydrogens (tertiary/aromatic N) is 1. The lowest BCUT2D eigenvalue weighted by Crippen LogP contribution is -2.59. The molecule has 0 aromatic rings. The Morgan fingerprint density at radius 3 is 2.00 bits per heavy atom. The fourth-order valence-corrected chi connectivity index (χ4v) is 2.80. The maximum Gasteiger partial charge on any atom is 0.328 e. The molecule has 0 heterocycles. The van der Waals surface area contributed by atoms with Gasteiger partial charge in [0.2, 0.25) is 17.7 Å². The van der Waals surface area contributed by atoms with Crippen molar-refractivity contribution in [1.29, 1.82) is 0 Å². The van der Waals surface area contributed by atoms with Crippen LogP contribution in [0.25, 0.3) is 0 Å². The van der Waals surface area contributed by atoms with E-state index in [1.165, 1.54) is 6.92 Å². The van der Waals surface area contributed by atoms with Crippen LogP contribution in [0.2, 0.25) is 0 Å². The average molecular weight is 491 g/mol. The van der Waals surface area contributed by atoms with Crippen molar-refractivity contribution in [3.63, 3.8) is 0 Å². The number of carbonyl (C=O) groups excluding carboxylic acids is 3. The summed E-state index contributed by atoms with van der Waals surface area (Å²) in [5, 5.41) is 35.2. The SMILES string of the molecule is CC(O)C(NC(=O)C(CCCN=C(N)N)NC(=O)C(CO)NC(=O)C(N)CCCCN)C(=O)O. The van der Waals surface area contributed by atoms with Crippen LogP contribution in [-0.2, 0) is 19.2 Å². The van der Waals surface area contributed by atoms with Crippen molar-refractivity contribution in [2.75, 3.05) is 19.7 Å². The Balaban J connectivity index is 5.30. The molecule has 14 N–H and O–H groups in total. The fraction of sp³-hybridized carbons (Fsp3) is 0.737. The zero-order valence-electron chi connectivity index (χ0n) is 19.3. The lowest BCUT2D eigenvalue weighted by atomic mass is 10.1. The van der Waals surface area contributed by atoms with Crippen molar-refractivity contribution in [3.8, 4) is 0 Å². The molecule has 15 heteroatoms. The van der Waals surface area contributed by atoms with E-state index in [0.717, 1.165) is 0 Å². The molecule has 5 unspecified atom stereocenters. The van der Waals surface area contributed by atoms with Gasteiger partial charge in [0.1, 0.15) is 12.1 Å². The van der Waals surface area contributed by atoms with E-state index < -0.39 is 60.6 Å². The quantitative estimate of drug-likeness (QED) is 0.0525.